The Bertz CT molecular complexity index is 964. The number of amides is 1. The zero-order valence-corrected chi connectivity index (χ0v) is 16.0. The Labute approximate surface area is 164 Å². The number of ether oxygens (including phenoxy) is 2. The first-order chi connectivity index (χ1) is 12.9. The number of hydrogen-bond donors (Lipinski definition) is 2. The number of aryl methyl sites for hydroxylation is 1. The van der Waals surface area contributed by atoms with Crippen LogP contribution in [0, 0.1) is 11.3 Å². The third kappa shape index (κ3) is 3.84. The fraction of sp³-hybridized carbons (Fsp3) is 0.278. The van der Waals surface area contributed by atoms with E-state index >= 15 is 0 Å². The van der Waals surface area contributed by atoms with E-state index in [4.69, 9.17) is 26.8 Å². The van der Waals surface area contributed by atoms with Gasteiger partial charge in [0.05, 0.1) is 23.4 Å². The van der Waals surface area contributed by atoms with Gasteiger partial charge in [0.25, 0.3) is 5.91 Å². The molecule has 1 heterocycles. The topological polar surface area (TPSA) is 114 Å². The summed E-state index contributed by atoms with van der Waals surface area (Å²) in [6.45, 7) is -0.503. The number of fused-ring (bicyclic) bond motifs is 1. The largest absolute Gasteiger partial charge is 0.496 e. The quantitative estimate of drug-likeness (QED) is 0.583. The van der Waals surface area contributed by atoms with Crippen LogP contribution in [0.25, 0.3) is 0 Å². The van der Waals surface area contributed by atoms with Crippen LogP contribution in [0.15, 0.2) is 12.1 Å². The number of nitriles is 1. The van der Waals surface area contributed by atoms with Gasteiger partial charge >= 0.3 is 5.97 Å². The number of methoxy groups -OCH3 is 1. The molecule has 0 bridgehead atoms. The summed E-state index contributed by atoms with van der Waals surface area (Å²) in [5.74, 6) is -1.10. The van der Waals surface area contributed by atoms with Crippen LogP contribution < -0.4 is 15.8 Å². The first kappa shape index (κ1) is 19.0. The molecule has 0 unspecified atom stereocenters. The summed E-state index contributed by atoms with van der Waals surface area (Å²) in [5.41, 5.74) is 7.52. The molecule has 0 fully saturated rings. The van der Waals surface area contributed by atoms with Crippen molar-refractivity contribution < 1.29 is 19.1 Å². The number of anilines is 2. The second-order valence-electron chi connectivity index (χ2n) is 5.87. The molecule has 3 N–H and O–H groups in total. The number of esters is 1. The summed E-state index contributed by atoms with van der Waals surface area (Å²) in [6.07, 6.45) is 2.78. The molecule has 0 radical (unpaired) electrons. The number of nitrogens with two attached hydrogens (primary N) is 1. The number of benzene rings is 1. The zero-order chi connectivity index (χ0) is 19.6. The highest BCUT2D eigenvalue weighted by Gasteiger charge is 2.24. The number of carbonyl (C=O) groups is 2. The number of rotatable bonds is 5. The molecule has 1 aromatic carbocycles. The van der Waals surface area contributed by atoms with Gasteiger partial charge < -0.3 is 20.5 Å². The van der Waals surface area contributed by atoms with Gasteiger partial charge in [-0.25, -0.2) is 4.79 Å². The Morgan fingerprint density at radius 2 is 2.19 bits per heavy atom. The fourth-order valence-electron chi connectivity index (χ4n) is 2.88. The third-order valence-corrected chi connectivity index (χ3v) is 5.69. The predicted octanol–water partition coefficient (Wildman–Crippen LogP) is 3.15. The van der Waals surface area contributed by atoms with Crippen LogP contribution in [0.2, 0.25) is 5.02 Å². The third-order valence-electron chi connectivity index (χ3n) is 4.16. The molecule has 140 valence electrons. The molecule has 2 aromatic rings. The lowest BCUT2D eigenvalue weighted by molar-refractivity contribution is -0.119. The standard InChI is InChI=1S/C18H16ClN3O4S/c1-25-14-6-13(21)12(19)5-10(14)18(24)26-8-16(23)22-17-11(7-20)9-3-2-4-15(9)27-17/h5-6H,2-4,8,21H2,1H3,(H,22,23). The van der Waals surface area contributed by atoms with E-state index in [9.17, 15) is 14.9 Å². The molecule has 7 nitrogen and oxygen atoms in total. The van der Waals surface area contributed by atoms with Crippen LogP contribution in [0.4, 0.5) is 10.7 Å². The number of halogens is 1. The summed E-state index contributed by atoms with van der Waals surface area (Å²) in [7, 11) is 1.38. The molecule has 1 aliphatic carbocycles. The number of carbonyl (C=O) groups excluding carboxylic acids is 2. The van der Waals surface area contributed by atoms with E-state index in [1.54, 1.807) is 0 Å². The van der Waals surface area contributed by atoms with Gasteiger partial charge in [0.2, 0.25) is 0 Å². The smallest absolute Gasteiger partial charge is 0.342 e. The Morgan fingerprint density at radius 3 is 2.89 bits per heavy atom. The van der Waals surface area contributed by atoms with Crippen LogP contribution in [0.3, 0.4) is 0 Å². The molecular weight excluding hydrogens is 390 g/mol. The Hall–Kier alpha value is -2.76. The van der Waals surface area contributed by atoms with Crippen molar-refractivity contribution in [2.45, 2.75) is 19.3 Å². The van der Waals surface area contributed by atoms with Crippen molar-refractivity contribution in [3.8, 4) is 11.8 Å². The molecule has 0 saturated carbocycles. The van der Waals surface area contributed by atoms with Crippen LogP contribution in [-0.2, 0) is 22.4 Å². The lowest BCUT2D eigenvalue weighted by Gasteiger charge is -2.10. The van der Waals surface area contributed by atoms with Gasteiger partial charge in [0, 0.05) is 10.9 Å². The van der Waals surface area contributed by atoms with E-state index in [0.29, 0.717) is 10.6 Å². The maximum Gasteiger partial charge on any atom is 0.342 e. The zero-order valence-electron chi connectivity index (χ0n) is 14.4. The number of nitrogens with zero attached hydrogens (tertiary/aromatic N) is 1. The van der Waals surface area contributed by atoms with Crippen LogP contribution >= 0.6 is 22.9 Å². The SMILES string of the molecule is COc1cc(N)c(Cl)cc1C(=O)OCC(=O)Nc1sc2c(c1C#N)CCC2. The summed E-state index contributed by atoms with van der Waals surface area (Å²) >= 11 is 7.33. The molecule has 1 aliphatic rings. The molecule has 3 rings (SSSR count). The second-order valence-corrected chi connectivity index (χ2v) is 7.38. The van der Waals surface area contributed by atoms with Crippen molar-refractivity contribution in [3.05, 3.63) is 38.7 Å². The van der Waals surface area contributed by atoms with Crippen LogP contribution in [0.5, 0.6) is 5.75 Å². The number of nitrogens with one attached hydrogen (secondary N) is 1. The lowest BCUT2D eigenvalue weighted by Crippen LogP contribution is -2.21. The normalized spacial score (nSPS) is 12.2. The van der Waals surface area contributed by atoms with Gasteiger partial charge in [-0.2, -0.15) is 5.26 Å². The van der Waals surface area contributed by atoms with E-state index in [2.05, 4.69) is 11.4 Å². The van der Waals surface area contributed by atoms with Crippen LogP contribution in [-0.4, -0.2) is 25.6 Å². The molecule has 9 heteroatoms. The van der Waals surface area contributed by atoms with E-state index in [1.165, 1.54) is 30.6 Å². The summed E-state index contributed by atoms with van der Waals surface area (Å²) in [5, 5.41) is 12.7. The minimum atomic E-state index is -0.766. The average molecular weight is 406 g/mol. The van der Waals surface area contributed by atoms with Crippen LogP contribution in [0.1, 0.15) is 32.8 Å². The van der Waals surface area contributed by atoms with E-state index < -0.39 is 18.5 Å². The Kier molecular flexibility index (Phi) is 5.54. The van der Waals surface area contributed by atoms with Crippen molar-refractivity contribution in [2.75, 3.05) is 24.8 Å². The first-order valence-electron chi connectivity index (χ1n) is 8.09. The van der Waals surface area contributed by atoms with Gasteiger partial charge in [-0.15, -0.1) is 11.3 Å². The monoisotopic (exact) mass is 405 g/mol. The molecule has 27 heavy (non-hydrogen) atoms. The number of hydrogen-bond acceptors (Lipinski definition) is 7. The van der Waals surface area contributed by atoms with Crippen molar-refractivity contribution in [2.24, 2.45) is 0 Å². The predicted molar refractivity (Wildman–Crippen MR) is 102 cm³/mol. The maximum atomic E-state index is 12.3. The Morgan fingerprint density at radius 1 is 1.41 bits per heavy atom. The van der Waals surface area contributed by atoms with Gasteiger partial charge in [-0.05, 0) is 30.9 Å². The maximum absolute atomic E-state index is 12.3. The molecule has 0 spiro atoms. The number of thiophene rings is 1. The summed E-state index contributed by atoms with van der Waals surface area (Å²) in [6, 6.07) is 4.88. The van der Waals surface area contributed by atoms with E-state index in [0.717, 1.165) is 29.7 Å². The van der Waals surface area contributed by atoms with Crippen molar-refractivity contribution >= 4 is 45.5 Å². The number of nitrogen functional groups attached to an aromatic ring is 1. The lowest BCUT2D eigenvalue weighted by atomic mass is 10.1. The molecule has 0 saturated heterocycles. The molecular formula is C18H16ClN3O4S. The first-order valence-corrected chi connectivity index (χ1v) is 9.28. The van der Waals surface area contributed by atoms with Crippen molar-refractivity contribution in [1.82, 2.24) is 0 Å². The van der Waals surface area contributed by atoms with Gasteiger partial charge in [0.1, 0.15) is 22.4 Å². The highest BCUT2D eigenvalue weighted by atomic mass is 35.5. The van der Waals surface area contributed by atoms with E-state index in [-0.39, 0.29) is 22.0 Å². The molecule has 0 aliphatic heterocycles. The van der Waals surface area contributed by atoms with E-state index in [1.807, 2.05) is 0 Å². The molecule has 1 aromatic heterocycles. The highest BCUT2D eigenvalue weighted by Crippen LogP contribution is 2.38. The minimum absolute atomic E-state index is 0.0670. The summed E-state index contributed by atoms with van der Waals surface area (Å²) in [4.78, 5) is 25.5. The Balaban J connectivity index is 1.66. The summed E-state index contributed by atoms with van der Waals surface area (Å²) < 4.78 is 10.1. The molecule has 0 atom stereocenters. The second kappa shape index (κ2) is 7.86. The van der Waals surface area contributed by atoms with Crippen molar-refractivity contribution in [3.63, 3.8) is 0 Å². The van der Waals surface area contributed by atoms with Gasteiger partial charge in [0.15, 0.2) is 6.61 Å². The average Bonchev–Trinajstić information content (AvgIpc) is 3.22. The van der Waals surface area contributed by atoms with Gasteiger partial charge in [-0.3, -0.25) is 4.79 Å². The fourth-order valence-corrected chi connectivity index (χ4v) is 4.30. The highest BCUT2D eigenvalue weighted by molar-refractivity contribution is 7.16. The minimum Gasteiger partial charge on any atom is -0.496 e. The molecule has 1 amide bonds. The van der Waals surface area contributed by atoms with Crippen molar-refractivity contribution in [1.29, 1.82) is 5.26 Å². The van der Waals surface area contributed by atoms with Gasteiger partial charge in [-0.1, -0.05) is 11.6 Å².